The van der Waals surface area contributed by atoms with E-state index in [1.165, 1.54) is 69.5 Å². The first-order valence-electron chi connectivity index (χ1n) is 15.8. The van der Waals surface area contributed by atoms with E-state index in [4.69, 9.17) is 0 Å². The van der Waals surface area contributed by atoms with Gasteiger partial charge in [0.25, 0.3) is 0 Å². The topological polar surface area (TPSA) is 0 Å². The summed E-state index contributed by atoms with van der Waals surface area (Å²) in [5, 5.41) is 5.48. The SMILES string of the molecule is CC(C)(C)c1ccc2c(c1)[cH-]c1cc(C(C)(C)C)ccc12.CC(C)c1ccc([C](=[Zr+2])C2CCCC2)cc1.c1cc[cH-]c1. The van der Waals surface area contributed by atoms with Gasteiger partial charge >= 0.3 is 114 Å². The normalized spacial score (nSPS) is 14.1. The number of hydrogen-bond donors (Lipinski definition) is 0. The minimum Gasteiger partial charge on any atom is -0.214 e. The molecule has 0 nitrogen and oxygen atoms in total. The molecule has 0 aromatic heterocycles. The maximum absolute atomic E-state index is 2.35. The molecule has 0 unspecified atom stereocenters. The predicted molar refractivity (Wildman–Crippen MR) is 183 cm³/mol. The Balaban J connectivity index is 0.000000170. The number of fused-ring (bicyclic) bond motifs is 3. The van der Waals surface area contributed by atoms with Crippen LogP contribution in [0, 0.1) is 5.92 Å². The van der Waals surface area contributed by atoms with E-state index in [9.17, 15) is 0 Å². The first-order valence-corrected chi connectivity index (χ1v) is 17.1. The van der Waals surface area contributed by atoms with Crippen molar-refractivity contribution in [3.05, 3.63) is 119 Å². The van der Waals surface area contributed by atoms with Crippen LogP contribution in [-0.4, -0.2) is 3.21 Å². The molecule has 0 amide bonds. The fraction of sp³-hybridized carbons (Fsp3) is 0.390. The van der Waals surface area contributed by atoms with Crippen molar-refractivity contribution in [1.29, 1.82) is 0 Å². The van der Waals surface area contributed by atoms with E-state index in [1.807, 2.05) is 30.3 Å². The largest absolute Gasteiger partial charge is 0.214 e. The maximum atomic E-state index is 2.35. The van der Waals surface area contributed by atoms with Crippen molar-refractivity contribution >= 4 is 24.8 Å². The third-order valence-electron chi connectivity index (χ3n) is 8.64. The number of rotatable bonds is 3. The molecule has 1 saturated carbocycles. The summed E-state index contributed by atoms with van der Waals surface area (Å²) in [6, 6.07) is 35.4. The van der Waals surface area contributed by atoms with Crippen LogP contribution in [0.1, 0.15) is 109 Å². The molecule has 0 saturated heterocycles. The molecule has 0 heterocycles. The molecule has 0 aliphatic heterocycles. The Morgan fingerprint density at radius 2 is 1.19 bits per heavy atom. The second kappa shape index (κ2) is 13.9. The molecule has 6 rings (SSSR count). The van der Waals surface area contributed by atoms with Gasteiger partial charge in [-0.25, -0.2) is 12.1 Å². The van der Waals surface area contributed by atoms with Crippen LogP contribution in [0.15, 0.2) is 97.1 Å². The molecular weight excluding hydrogens is 584 g/mol. The zero-order chi connectivity index (χ0) is 30.5. The van der Waals surface area contributed by atoms with Crippen molar-refractivity contribution in [2.45, 2.75) is 97.8 Å². The molecule has 1 heteroatoms. The van der Waals surface area contributed by atoms with Gasteiger partial charge in [0.2, 0.25) is 0 Å². The summed E-state index contributed by atoms with van der Waals surface area (Å²) in [6.07, 6.45) is 5.72. The summed E-state index contributed by atoms with van der Waals surface area (Å²) in [5.41, 5.74) is 6.17. The minimum atomic E-state index is 0.203. The van der Waals surface area contributed by atoms with E-state index in [0.717, 1.165) is 5.92 Å². The summed E-state index contributed by atoms with van der Waals surface area (Å²) in [5.74, 6) is 1.54. The smallest absolute Gasteiger partial charge is 0.172 e. The fourth-order valence-electron chi connectivity index (χ4n) is 5.77. The Morgan fingerprint density at radius 1 is 0.714 bits per heavy atom. The molecule has 42 heavy (non-hydrogen) atoms. The average molecular weight is 634 g/mol. The Kier molecular flexibility index (Phi) is 10.8. The average Bonchev–Trinajstić information content (AvgIpc) is 3.74. The van der Waals surface area contributed by atoms with Crippen LogP contribution < -0.4 is 0 Å². The van der Waals surface area contributed by atoms with Gasteiger partial charge in [-0.3, -0.25) is 0 Å². The molecule has 1 aliphatic carbocycles. The van der Waals surface area contributed by atoms with Gasteiger partial charge < -0.3 is 0 Å². The Morgan fingerprint density at radius 3 is 1.57 bits per heavy atom. The number of benzene rings is 3. The summed E-state index contributed by atoms with van der Waals surface area (Å²) in [6.45, 7) is 18.2. The van der Waals surface area contributed by atoms with Crippen LogP contribution in [0.4, 0.5) is 0 Å². The Labute approximate surface area is 270 Å². The van der Waals surface area contributed by atoms with Gasteiger partial charge in [-0.05, 0) is 10.8 Å². The van der Waals surface area contributed by atoms with E-state index < -0.39 is 0 Å². The molecule has 1 aliphatic rings. The molecule has 5 aromatic carbocycles. The van der Waals surface area contributed by atoms with Crippen molar-refractivity contribution in [2.24, 2.45) is 5.92 Å². The summed E-state index contributed by atoms with van der Waals surface area (Å²) >= 11 is 1.61. The minimum absolute atomic E-state index is 0.203. The van der Waals surface area contributed by atoms with Crippen LogP contribution in [0.5, 0.6) is 0 Å². The molecule has 0 atom stereocenters. The molecule has 218 valence electrons. The first-order chi connectivity index (χ1) is 19.8. The second-order valence-corrected chi connectivity index (χ2v) is 15.7. The second-order valence-electron chi connectivity index (χ2n) is 14.4. The van der Waals surface area contributed by atoms with Crippen molar-refractivity contribution in [1.82, 2.24) is 0 Å². The molecule has 5 aromatic rings. The van der Waals surface area contributed by atoms with E-state index in [1.54, 1.807) is 27.4 Å². The van der Waals surface area contributed by atoms with Crippen LogP contribution in [0.3, 0.4) is 0 Å². The standard InChI is InChI=1S/C21H25.C15H20.C5H5.Zr/c1-20(2,3)16-7-9-18-14(12-16)11-15-13-17(21(4,5)6)8-10-19(15)18;1-12(2)15-9-7-14(8-10-15)11-13-5-3-4-6-13;1-2-4-5-3-1;/h7-13H,1-6H3;7-10,12-13H,3-6H2,1-2H3;1-5H;/q-1;;-1;+2. The monoisotopic (exact) mass is 632 g/mol. The summed E-state index contributed by atoms with van der Waals surface area (Å²) in [7, 11) is 0. The van der Waals surface area contributed by atoms with Crippen molar-refractivity contribution in [3.63, 3.8) is 0 Å². The maximum Gasteiger partial charge on any atom is -0.172 e. The fourth-order valence-corrected chi connectivity index (χ4v) is 6.89. The van der Waals surface area contributed by atoms with Crippen molar-refractivity contribution < 1.29 is 24.2 Å². The molecular formula is C41H50Zr. The number of hydrogen-bond acceptors (Lipinski definition) is 0. The quantitative estimate of drug-likeness (QED) is 0.173. The van der Waals surface area contributed by atoms with Gasteiger partial charge in [0.05, 0.1) is 0 Å². The van der Waals surface area contributed by atoms with E-state index in [-0.39, 0.29) is 10.8 Å². The van der Waals surface area contributed by atoms with Gasteiger partial charge in [0, 0.05) is 0 Å². The first kappa shape index (κ1) is 32.5. The van der Waals surface area contributed by atoms with E-state index in [2.05, 4.69) is 122 Å². The molecule has 1 fully saturated rings. The van der Waals surface area contributed by atoms with Crippen molar-refractivity contribution in [3.8, 4) is 0 Å². The van der Waals surface area contributed by atoms with Crippen LogP contribution in [-0.2, 0) is 35.1 Å². The van der Waals surface area contributed by atoms with Gasteiger partial charge in [-0.1, -0.05) is 76.9 Å². The molecule has 0 N–H and O–H groups in total. The molecule has 0 radical (unpaired) electrons. The van der Waals surface area contributed by atoms with Gasteiger partial charge in [0.1, 0.15) is 0 Å². The predicted octanol–water partition coefficient (Wildman–Crippen LogP) is 11.8. The molecule has 0 bridgehead atoms. The van der Waals surface area contributed by atoms with Gasteiger partial charge in [0.15, 0.2) is 0 Å². The van der Waals surface area contributed by atoms with E-state index in [0.29, 0.717) is 5.92 Å². The van der Waals surface area contributed by atoms with Crippen LogP contribution >= 0.6 is 0 Å². The third kappa shape index (κ3) is 8.38. The Bertz CT molecular complexity index is 1470. The van der Waals surface area contributed by atoms with Gasteiger partial charge in [-0.15, -0.1) is 39.7 Å². The van der Waals surface area contributed by atoms with Crippen molar-refractivity contribution in [2.75, 3.05) is 0 Å². The van der Waals surface area contributed by atoms with Crippen LogP contribution in [0.25, 0.3) is 21.5 Å². The van der Waals surface area contributed by atoms with E-state index >= 15 is 0 Å². The van der Waals surface area contributed by atoms with Gasteiger partial charge in [-0.2, -0.15) is 18.2 Å². The third-order valence-corrected chi connectivity index (χ3v) is 10.4. The van der Waals surface area contributed by atoms with Crippen LogP contribution in [0.2, 0.25) is 0 Å². The summed E-state index contributed by atoms with van der Waals surface area (Å²) in [4.78, 5) is 0. The Hall–Kier alpha value is -2.37. The molecule has 0 spiro atoms. The zero-order valence-electron chi connectivity index (χ0n) is 27.2. The zero-order valence-corrected chi connectivity index (χ0v) is 29.7. The summed E-state index contributed by atoms with van der Waals surface area (Å²) < 4.78 is 1.69.